The number of benzene rings is 1. The van der Waals surface area contributed by atoms with Crippen LogP contribution in [0.1, 0.15) is 19.3 Å². The highest BCUT2D eigenvalue weighted by Gasteiger charge is 2.39. The molecule has 0 bridgehead atoms. The molecule has 2 aliphatic rings. The SMILES string of the molecule is CNCCOc1ccc(-c2cc(N3CCC4(CCCNC4)C3)c3cc(F)c(OC)cc3n2)nc1. The Bertz CT molecular complexity index is 1150. The van der Waals surface area contributed by atoms with Gasteiger partial charge in [-0.15, -0.1) is 0 Å². The average Bonchev–Trinajstić information content (AvgIpc) is 3.27. The summed E-state index contributed by atoms with van der Waals surface area (Å²) in [5, 5.41) is 7.43. The van der Waals surface area contributed by atoms with Gasteiger partial charge in [-0.05, 0) is 57.1 Å². The van der Waals surface area contributed by atoms with Crippen LogP contribution in [0.25, 0.3) is 22.3 Å². The topological polar surface area (TPSA) is 71.5 Å². The lowest BCUT2D eigenvalue weighted by molar-refractivity contribution is 0.239. The van der Waals surface area contributed by atoms with E-state index in [1.165, 1.54) is 20.0 Å². The number of halogens is 1. The Morgan fingerprint density at radius 1 is 1.21 bits per heavy atom. The maximum absolute atomic E-state index is 14.7. The van der Waals surface area contributed by atoms with Crippen LogP contribution in [-0.4, -0.2) is 63.5 Å². The summed E-state index contributed by atoms with van der Waals surface area (Å²) in [7, 11) is 3.37. The summed E-state index contributed by atoms with van der Waals surface area (Å²) in [5.74, 6) is 0.536. The van der Waals surface area contributed by atoms with Crippen LogP contribution in [0, 0.1) is 11.2 Å². The predicted molar refractivity (Wildman–Crippen MR) is 132 cm³/mol. The Morgan fingerprint density at radius 2 is 2.12 bits per heavy atom. The van der Waals surface area contributed by atoms with Gasteiger partial charge in [0.1, 0.15) is 12.4 Å². The van der Waals surface area contributed by atoms with Crippen molar-refractivity contribution >= 4 is 16.6 Å². The maximum atomic E-state index is 14.7. The van der Waals surface area contributed by atoms with Gasteiger partial charge in [0.05, 0.1) is 30.2 Å². The van der Waals surface area contributed by atoms with Gasteiger partial charge in [0.15, 0.2) is 11.6 Å². The highest BCUT2D eigenvalue weighted by Crippen LogP contribution is 2.42. The Kier molecular flexibility index (Phi) is 6.52. The second-order valence-corrected chi connectivity index (χ2v) is 9.31. The van der Waals surface area contributed by atoms with E-state index in [1.807, 2.05) is 25.2 Å². The zero-order chi connectivity index (χ0) is 23.5. The quantitative estimate of drug-likeness (QED) is 0.517. The summed E-state index contributed by atoms with van der Waals surface area (Å²) < 4.78 is 25.7. The molecule has 1 unspecified atom stereocenters. The minimum absolute atomic E-state index is 0.193. The lowest BCUT2D eigenvalue weighted by atomic mass is 9.80. The van der Waals surface area contributed by atoms with Crippen LogP contribution in [0.15, 0.2) is 36.5 Å². The van der Waals surface area contributed by atoms with Crippen LogP contribution >= 0.6 is 0 Å². The summed E-state index contributed by atoms with van der Waals surface area (Å²) in [4.78, 5) is 11.8. The summed E-state index contributed by atoms with van der Waals surface area (Å²) in [5.41, 5.74) is 3.48. The molecule has 0 saturated carbocycles. The van der Waals surface area contributed by atoms with Gasteiger partial charge in [-0.3, -0.25) is 4.98 Å². The Hall–Kier alpha value is -2.97. The van der Waals surface area contributed by atoms with Crippen molar-refractivity contribution in [3.05, 3.63) is 42.3 Å². The van der Waals surface area contributed by atoms with Crippen molar-refractivity contribution in [1.82, 2.24) is 20.6 Å². The number of rotatable bonds is 7. The second kappa shape index (κ2) is 9.72. The van der Waals surface area contributed by atoms with Gasteiger partial charge in [-0.1, -0.05) is 0 Å². The zero-order valence-corrected chi connectivity index (χ0v) is 19.9. The lowest BCUT2D eigenvalue weighted by Crippen LogP contribution is -2.41. The number of nitrogens with zero attached hydrogens (tertiary/aromatic N) is 3. The third-order valence-electron chi connectivity index (χ3n) is 7.02. The van der Waals surface area contributed by atoms with E-state index in [0.29, 0.717) is 12.1 Å². The monoisotopic (exact) mass is 465 g/mol. The molecule has 0 radical (unpaired) electrons. The van der Waals surface area contributed by atoms with Crippen molar-refractivity contribution in [2.24, 2.45) is 5.41 Å². The molecular formula is C26H32FN5O2. The average molecular weight is 466 g/mol. The third-order valence-corrected chi connectivity index (χ3v) is 7.02. The summed E-state index contributed by atoms with van der Waals surface area (Å²) in [6.07, 6.45) is 5.29. The van der Waals surface area contributed by atoms with Gasteiger partial charge in [0, 0.05) is 48.7 Å². The van der Waals surface area contributed by atoms with E-state index in [9.17, 15) is 4.39 Å². The van der Waals surface area contributed by atoms with Gasteiger partial charge in [-0.2, -0.15) is 0 Å². The predicted octanol–water partition coefficient (Wildman–Crippen LogP) is 3.62. The molecule has 0 aliphatic carbocycles. The van der Waals surface area contributed by atoms with Gasteiger partial charge in [-0.25, -0.2) is 9.37 Å². The smallest absolute Gasteiger partial charge is 0.165 e. The number of fused-ring (bicyclic) bond motifs is 1. The molecule has 2 fully saturated rings. The van der Waals surface area contributed by atoms with Crippen LogP contribution in [0.3, 0.4) is 0 Å². The number of methoxy groups -OCH3 is 1. The number of hydrogen-bond acceptors (Lipinski definition) is 7. The lowest BCUT2D eigenvalue weighted by Gasteiger charge is -2.34. The minimum Gasteiger partial charge on any atom is -0.494 e. The highest BCUT2D eigenvalue weighted by atomic mass is 19.1. The molecule has 8 heteroatoms. The number of aromatic nitrogens is 2. The number of likely N-dealkylation sites (N-methyl/N-ethyl adjacent to an activating group) is 1. The van der Waals surface area contributed by atoms with E-state index < -0.39 is 0 Å². The molecular weight excluding hydrogens is 433 g/mol. The number of piperidine rings is 1. The largest absolute Gasteiger partial charge is 0.494 e. The van der Waals surface area contributed by atoms with Gasteiger partial charge in [0.2, 0.25) is 0 Å². The Labute approximate surface area is 199 Å². The first kappa shape index (κ1) is 22.8. The van der Waals surface area contributed by atoms with Crippen molar-refractivity contribution < 1.29 is 13.9 Å². The molecule has 2 N–H and O–H groups in total. The molecule has 180 valence electrons. The van der Waals surface area contributed by atoms with Gasteiger partial charge in [0.25, 0.3) is 0 Å². The molecule has 1 spiro atoms. The molecule has 0 amide bonds. The normalized spacial score (nSPS) is 20.3. The number of ether oxygens (including phenoxy) is 2. The van der Waals surface area contributed by atoms with Crippen molar-refractivity contribution in [2.45, 2.75) is 19.3 Å². The standard InChI is InChI=1S/C26H32FN5O2/c1-28-9-11-34-18-4-5-21(30-15-18)23-13-24(19-12-20(27)25(33-2)14-22(19)31-23)32-10-7-26(17-32)6-3-8-29-16-26/h4-5,12-15,28-29H,3,6-11,16-17H2,1-2H3. The van der Waals surface area contributed by atoms with Crippen LogP contribution in [-0.2, 0) is 0 Å². The molecule has 5 rings (SSSR count). The molecule has 7 nitrogen and oxygen atoms in total. The third kappa shape index (κ3) is 4.52. The molecule has 3 aromatic rings. The Morgan fingerprint density at radius 3 is 2.85 bits per heavy atom. The van der Waals surface area contributed by atoms with Crippen LogP contribution in [0.5, 0.6) is 11.5 Å². The van der Waals surface area contributed by atoms with E-state index in [-0.39, 0.29) is 17.0 Å². The van der Waals surface area contributed by atoms with Crippen LogP contribution < -0.4 is 25.0 Å². The molecule has 2 aliphatic heterocycles. The summed E-state index contributed by atoms with van der Waals surface area (Å²) >= 11 is 0. The highest BCUT2D eigenvalue weighted by molar-refractivity contribution is 5.95. The van der Waals surface area contributed by atoms with E-state index in [4.69, 9.17) is 14.5 Å². The first-order valence-corrected chi connectivity index (χ1v) is 12.0. The van der Waals surface area contributed by atoms with Crippen molar-refractivity contribution in [3.8, 4) is 22.9 Å². The number of anilines is 1. The summed E-state index contributed by atoms with van der Waals surface area (Å²) in [6.45, 7) is 5.38. The molecule has 34 heavy (non-hydrogen) atoms. The first-order chi connectivity index (χ1) is 16.6. The molecule has 2 saturated heterocycles. The number of pyridine rings is 2. The second-order valence-electron chi connectivity index (χ2n) is 9.31. The fourth-order valence-electron chi connectivity index (χ4n) is 5.17. The van der Waals surface area contributed by atoms with Crippen LogP contribution in [0.2, 0.25) is 0 Å². The van der Waals surface area contributed by atoms with Gasteiger partial charge < -0.3 is 25.0 Å². The fourth-order valence-corrected chi connectivity index (χ4v) is 5.17. The van der Waals surface area contributed by atoms with Crippen molar-refractivity contribution in [1.29, 1.82) is 0 Å². The van der Waals surface area contributed by atoms with Gasteiger partial charge >= 0.3 is 0 Å². The van der Waals surface area contributed by atoms with E-state index in [0.717, 1.165) is 67.4 Å². The summed E-state index contributed by atoms with van der Waals surface area (Å²) in [6, 6.07) is 9.11. The van der Waals surface area contributed by atoms with E-state index >= 15 is 0 Å². The molecule has 2 aromatic heterocycles. The van der Waals surface area contributed by atoms with E-state index in [2.05, 4.69) is 20.5 Å². The van der Waals surface area contributed by atoms with Crippen LogP contribution in [0.4, 0.5) is 10.1 Å². The molecule has 4 heterocycles. The maximum Gasteiger partial charge on any atom is 0.165 e. The minimum atomic E-state index is -0.375. The fraction of sp³-hybridized carbons (Fsp3) is 0.462. The molecule has 1 aromatic carbocycles. The van der Waals surface area contributed by atoms with E-state index in [1.54, 1.807) is 18.3 Å². The number of hydrogen-bond donors (Lipinski definition) is 2. The van der Waals surface area contributed by atoms with Crippen molar-refractivity contribution in [2.75, 3.05) is 58.4 Å². The first-order valence-electron chi connectivity index (χ1n) is 12.0. The van der Waals surface area contributed by atoms with Crippen molar-refractivity contribution in [3.63, 3.8) is 0 Å². The number of nitrogens with one attached hydrogen (secondary N) is 2. The molecule has 1 atom stereocenters. The Balaban J connectivity index is 1.52. The zero-order valence-electron chi connectivity index (χ0n) is 19.9.